The van der Waals surface area contributed by atoms with Gasteiger partial charge in [0, 0.05) is 44.5 Å². The van der Waals surface area contributed by atoms with Crippen LogP contribution in [0.3, 0.4) is 0 Å². The molecule has 1 saturated heterocycles. The van der Waals surface area contributed by atoms with Gasteiger partial charge in [-0.05, 0) is 50.3 Å². The highest BCUT2D eigenvalue weighted by atomic mass is 16.6. The van der Waals surface area contributed by atoms with Crippen LogP contribution < -0.4 is 10.6 Å². The molecule has 2 heterocycles. The van der Waals surface area contributed by atoms with Gasteiger partial charge in [0.05, 0.1) is 6.61 Å². The van der Waals surface area contributed by atoms with E-state index in [1.54, 1.807) is 30.3 Å². The summed E-state index contributed by atoms with van der Waals surface area (Å²) >= 11 is 0. The lowest BCUT2D eigenvalue weighted by Gasteiger charge is -2.31. The first-order chi connectivity index (χ1) is 15.9. The average molecular weight is 455 g/mol. The van der Waals surface area contributed by atoms with E-state index in [0.29, 0.717) is 43.5 Å². The first-order valence-corrected chi connectivity index (χ1v) is 11.4. The molecule has 1 fully saturated rings. The van der Waals surface area contributed by atoms with Crippen molar-refractivity contribution in [2.24, 2.45) is 5.92 Å². The molecule has 8 nitrogen and oxygen atoms in total. The second-order valence-corrected chi connectivity index (χ2v) is 8.61. The number of likely N-dealkylation sites (tertiary alicyclic amines) is 1. The summed E-state index contributed by atoms with van der Waals surface area (Å²) in [4.78, 5) is 31.0. The topological polar surface area (TPSA) is 92.8 Å². The number of pyridine rings is 1. The van der Waals surface area contributed by atoms with Gasteiger partial charge in [-0.25, -0.2) is 9.78 Å². The summed E-state index contributed by atoms with van der Waals surface area (Å²) in [7, 11) is 1.65. The maximum Gasteiger partial charge on any atom is 0.410 e. The van der Waals surface area contributed by atoms with E-state index in [4.69, 9.17) is 9.47 Å². The maximum atomic E-state index is 12.6. The molecule has 1 unspecified atom stereocenters. The van der Waals surface area contributed by atoms with Crippen molar-refractivity contribution in [3.05, 3.63) is 59.3 Å². The number of aryl methyl sites for hydroxylation is 1. The van der Waals surface area contributed by atoms with Crippen LogP contribution in [0.1, 0.15) is 41.3 Å². The molecule has 1 aromatic carbocycles. The van der Waals surface area contributed by atoms with Gasteiger partial charge in [-0.1, -0.05) is 29.8 Å². The SMILES string of the molecule is COCC(C)Nc1cc(C(=O)NCC2CCN(C(=O)OCc3ccc(C)cc3)CC2)ccn1. The summed E-state index contributed by atoms with van der Waals surface area (Å²) in [5.74, 6) is 0.848. The van der Waals surface area contributed by atoms with Crippen molar-refractivity contribution >= 4 is 17.8 Å². The van der Waals surface area contributed by atoms with Crippen LogP contribution in [0.25, 0.3) is 0 Å². The smallest absolute Gasteiger partial charge is 0.410 e. The Labute approximate surface area is 195 Å². The lowest BCUT2D eigenvalue weighted by Crippen LogP contribution is -2.41. The summed E-state index contributed by atoms with van der Waals surface area (Å²) in [5.41, 5.74) is 2.72. The van der Waals surface area contributed by atoms with E-state index < -0.39 is 0 Å². The lowest BCUT2D eigenvalue weighted by molar-refractivity contribution is 0.0801. The summed E-state index contributed by atoms with van der Waals surface area (Å²) in [6, 6.07) is 11.5. The summed E-state index contributed by atoms with van der Waals surface area (Å²) in [5, 5.41) is 6.23. The minimum atomic E-state index is -0.280. The summed E-state index contributed by atoms with van der Waals surface area (Å²) < 4.78 is 10.6. The van der Waals surface area contributed by atoms with Gasteiger partial charge < -0.3 is 25.0 Å². The van der Waals surface area contributed by atoms with Crippen molar-refractivity contribution < 1.29 is 19.1 Å². The third-order valence-electron chi connectivity index (χ3n) is 5.74. The lowest BCUT2D eigenvalue weighted by atomic mass is 9.97. The third kappa shape index (κ3) is 7.75. The van der Waals surface area contributed by atoms with E-state index in [-0.39, 0.29) is 24.6 Å². The fraction of sp³-hybridized carbons (Fsp3) is 0.480. The number of hydrogen-bond donors (Lipinski definition) is 2. The molecular weight excluding hydrogens is 420 g/mol. The van der Waals surface area contributed by atoms with Gasteiger partial charge >= 0.3 is 6.09 Å². The largest absolute Gasteiger partial charge is 0.445 e. The fourth-order valence-electron chi connectivity index (χ4n) is 3.77. The fourth-order valence-corrected chi connectivity index (χ4v) is 3.77. The molecule has 0 aliphatic carbocycles. The average Bonchev–Trinajstić information content (AvgIpc) is 2.82. The second-order valence-electron chi connectivity index (χ2n) is 8.61. The van der Waals surface area contributed by atoms with Crippen molar-refractivity contribution in [1.29, 1.82) is 0 Å². The van der Waals surface area contributed by atoms with Gasteiger partial charge in [0.2, 0.25) is 0 Å². The number of methoxy groups -OCH3 is 1. The normalized spacial score (nSPS) is 15.1. The molecule has 8 heteroatoms. The number of piperidine rings is 1. The number of nitrogens with zero attached hydrogens (tertiary/aromatic N) is 2. The van der Waals surface area contributed by atoms with Crippen molar-refractivity contribution in [3.8, 4) is 0 Å². The minimum Gasteiger partial charge on any atom is -0.445 e. The summed E-state index contributed by atoms with van der Waals surface area (Å²) in [6.07, 6.45) is 3.00. The Kier molecular flexibility index (Phi) is 9.06. The number of aromatic nitrogens is 1. The molecule has 1 aliphatic rings. The molecule has 0 saturated carbocycles. The van der Waals surface area contributed by atoms with Crippen molar-refractivity contribution in [3.63, 3.8) is 0 Å². The highest BCUT2D eigenvalue weighted by molar-refractivity contribution is 5.94. The zero-order chi connectivity index (χ0) is 23.6. The molecule has 1 aliphatic heterocycles. The van der Waals surface area contributed by atoms with Crippen LogP contribution in [0.4, 0.5) is 10.6 Å². The Hall–Kier alpha value is -3.13. The zero-order valence-electron chi connectivity index (χ0n) is 19.7. The van der Waals surface area contributed by atoms with E-state index in [1.807, 2.05) is 38.1 Å². The van der Waals surface area contributed by atoms with Crippen LogP contribution >= 0.6 is 0 Å². The Bertz CT molecular complexity index is 911. The third-order valence-corrected chi connectivity index (χ3v) is 5.74. The van der Waals surface area contributed by atoms with Crippen LogP contribution in [0, 0.1) is 12.8 Å². The molecular formula is C25H34N4O4. The second kappa shape index (κ2) is 12.2. The monoisotopic (exact) mass is 454 g/mol. The zero-order valence-corrected chi connectivity index (χ0v) is 19.7. The van der Waals surface area contributed by atoms with E-state index in [1.165, 1.54) is 5.56 Å². The van der Waals surface area contributed by atoms with E-state index in [9.17, 15) is 9.59 Å². The van der Waals surface area contributed by atoms with Gasteiger partial charge in [0.15, 0.2) is 0 Å². The van der Waals surface area contributed by atoms with Crippen molar-refractivity contribution in [2.45, 2.75) is 39.3 Å². The molecule has 1 aromatic heterocycles. The Morgan fingerprint density at radius 3 is 2.61 bits per heavy atom. The molecule has 33 heavy (non-hydrogen) atoms. The Balaban J connectivity index is 1.39. The van der Waals surface area contributed by atoms with Crippen LogP contribution in [-0.2, 0) is 16.1 Å². The van der Waals surface area contributed by atoms with Gasteiger partial charge in [0.25, 0.3) is 5.91 Å². The molecule has 2 N–H and O–H groups in total. The van der Waals surface area contributed by atoms with Gasteiger partial charge in [-0.3, -0.25) is 4.79 Å². The molecule has 3 rings (SSSR count). The van der Waals surface area contributed by atoms with Crippen LogP contribution in [0.5, 0.6) is 0 Å². The maximum absolute atomic E-state index is 12.6. The number of nitrogens with one attached hydrogen (secondary N) is 2. The number of anilines is 1. The molecule has 178 valence electrons. The van der Waals surface area contributed by atoms with Crippen LogP contribution in [-0.4, -0.2) is 61.3 Å². The molecule has 0 radical (unpaired) electrons. The number of hydrogen-bond acceptors (Lipinski definition) is 6. The number of amides is 2. The highest BCUT2D eigenvalue weighted by Gasteiger charge is 2.24. The van der Waals surface area contributed by atoms with Crippen LogP contribution in [0.2, 0.25) is 0 Å². The molecule has 1 atom stereocenters. The molecule has 2 amide bonds. The van der Waals surface area contributed by atoms with Crippen molar-refractivity contribution in [1.82, 2.24) is 15.2 Å². The molecule has 0 spiro atoms. The number of rotatable bonds is 9. The van der Waals surface area contributed by atoms with E-state index in [0.717, 1.165) is 18.4 Å². The van der Waals surface area contributed by atoms with Gasteiger partial charge in [-0.2, -0.15) is 0 Å². The predicted octanol–water partition coefficient (Wildman–Crippen LogP) is 3.62. The summed E-state index contributed by atoms with van der Waals surface area (Å²) in [6.45, 7) is 6.69. The van der Waals surface area contributed by atoms with Gasteiger partial charge in [0.1, 0.15) is 12.4 Å². The Morgan fingerprint density at radius 2 is 1.91 bits per heavy atom. The number of benzene rings is 1. The highest BCUT2D eigenvalue weighted by Crippen LogP contribution is 2.18. The first kappa shape index (κ1) is 24.5. The number of ether oxygens (including phenoxy) is 2. The van der Waals surface area contributed by atoms with E-state index in [2.05, 4.69) is 15.6 Å². The van der Waals surface area contributed by atoms with Crippen molar-refractivity contribution in [2.75, 3.05) is 38.7 Å². The number of carbonyl (C=O) groups excluding carboxylic acids is 2. The predicted molar refractivity (Wildman–Crippen MR) is 127 cm³/mol. The molecule has 0 bridgehead atoms. The Morgan fingerprint density at radius 1 is 1.18 bits per heavy atom. The standard InChI is InChI=1S/C25H34N4O4/c1-18-4-6-21(7-5-18)17-33-25(31)29-12-9-20(10-13-29)15-27-24(30)22-8-11-26-23(14-22)28-19(2)16-32-3/h4-8,11,14,19-20H,9-10,12-13,15-17H2,1-3H3,(H,26,28)(H,27,30). The number of carbonyl (C=O) groups is 2. The first-order valence-electron chi connectivity index (χ1n) is 11.4. The van der Waals surface area contributed by atoms with E-state index >= 15 is 0 Å². The quantitative estimate of drug-likeness (QED) is 0.601. The minimum absolute atomic E-state index is 0.0922. The van der Waals surface area contributed by atoms with Crippen LogP contribution in [0.15, 0.2) is 42.6 Å². The van der Waals surface area contributed by atoms with Gasteiger partial charge in [-0.15, -0.1) is 0 Å². The molecule has 2 aromatic rings.